The maximum atomic E-state index is 3.60. The van der Waals surface area contributed by atoms with E-state index < -0.39 is 0 Å². The van der Waals surface area contributed by atoms with Crippen LogP contribution in [0.1, 0.15) is 65.2 Å². The molecule has 106 valence electrons. The molecule has 0 amide bonds. The number of hydrogen-bond donors (Lipinski definition) is 1. The Labute approximate surface area is 114 Å². The van der Waals surface area contributed by atoms with Crippen LogP contribution in [0, 0.1) is 5.92 Å². The van der Waals surface area contributed by atoms with E-state index in [1.165, 1.54) is 57.9 Å². The van der Waals surface area contributed by atoms with Gasteiger partial charge in [-0.05, 0) is 58.5 Å². The smallest absolute Gasteiger partial charge is 0.0254 e. The average molecular weight is 252 g/mol. The number of likely N-dealkylation sites (N-methyl/N-ethyl adjacent to an activating group) is 1. The Morgan fingerprint density at radius 3 is 2.67 bits per heavy atom. The van der Waals surface area contributed by atoms with Gasteiger partial charge in [-0.2, -0.15) is 0 Å². The molecule has 1 saturated heterocycles. The molecule has 0 aromatic carbocycles. The summed E-state index contributed by atoms with van der Waals surface area (Å²) in [4.78, 5) is 2.84. The van der Waals surface area contributed by atoms with Crippen molar-refractivity contribution < 1.29 is 0 Å². The SMILES string of the molecule is CCC1CCC(NC)C(N2CCCCCC2C)C1. The van der Waals surface area contributed by atoms with Crippen LogP contribution in [-0.2, 0) is 0 Å². The number of hydrogen-bond acceptors (Lipinski definition) is 2. The fraction of sp³-hybridized carbons (Fsp3) is 1.00. The highest BCUT2D eigenvalue weighted by molar-refractivity contribution is 4.92. The first-order valence-electron chi connectivity index (χ1n) is 8.19. The first kappa shape index (κ1) is 14.3. The molecule has 1 saturated carbocycles. The van der Waals surface area contributed by atoms with Gasteiger partial charge < -0.3 is 5.32 Å². The Morgan fingerprint density at radius 2 is 1.94 bits per heavy atom. The highest BCUT2D eigenvalue weighted by atomic mass is 15.2. The van der Waals surface area contributed by atoms with Gasteiger partial charge in [0, 0.05) is 18.1 Å². The van der Waals surface area contributed by atoms with Crippen molar-refractivity contribution in [3.05, 3.63) is 0 Å². The van der Waals surface area contributed by atoms with Crippen molar-refractivity contribution in [2.45, 2.75) is 83.3 Å². The predicted octanol–water partition coefficient (Wildman–Crippen LogP) is 3.42. The molecule has 2 heteroatoms. The molecule has 0 radical (unpaired) electrons. The fourth-order valence-corrected chi connectivity index (χ4v) is 4.10. The van der Waals surface area contributed by atoms with Crippen LogP contribution in [0.25, 0.3) is 0 Å². The number of nitrogens with one attached hydrogen (secondary N) is 1. The van der Waals surface area contributed by atoms with E-state index in [9.17, 15) is 0 Å². The second-order valence-electron chi connectivity index (χ2n) is 6.49. The Bertz CT molecular complexity index is 241. The van der Waals surface area contributed by atoms with Crippen LogP contribution in [-0.4, -0.2) is 36.6 Å². The summed E-state index contributed by atoms with van der Waals surface area (Å²) in [6.45, 7) is 6.15. The molecule has 0 aromatic heterocycles. The normalized spacial score (nSPS) is 39.5. The summed E-state index contributed by atoms with van der Waals surface area (Å²) in [5.74, 6) is 0.968. The molecule has 0 aromatic rings. The van der Waals surface area contributed by atoms with Crippen LogP contribution in [0.3, 0.4) is 0 Å². The molecule has 4 unspecified atom stereocenters. The lowest BCUT2D eigenvalue weighted by atomic mass is 9.80. The number of likely N-dealkylation sites (tertiary alicyclic amines) is 1. The van der Waals surface area contributed by atoms with Crippen molar-refractivity contribution in [2.24, 2.45) is 5.92 Å². The minimum atomic E-state index is 0.730. The van der Waals surface area contributed by atoms with Crippen molar-refractivity contribution in [3.8, 4) is 0 Å². The van der Waals surface area contributed by atoms with E-state index in [1.807, 2.05) is 0 Å². The molecule has 2 rings (SSSR count). The highest BCUT2D eigenvalue weighted by Gasteiger charge is 2.35. The summed E-state index contributed by atoms with van der Waals surface area (Å²) in [6, 6.07) is 2.32. The minimum Gasteiger partial charge on any atom is -0.315 e. The van der Waals surface area contributed by atoms with Crippen molar-refractivity contribution in [2.75, 3.05) is 13.6 Å². The lowest BCUT2D eigenvalue weighted by Crippen LogP contribution is -2.54. The molecule has 0 bridgehead atoms. The molecule has 1 aliphatic carbocycles. The van der Waals surface area contributed by atoms with E-state index in [1.54, 1.807) is 0 Å². The van der Waals surface area contributed by atoms with Crippen molar-refractivity contribution in [3.63, 3.8) is 0 Å². The van der Waals surface area contributed by atoms with E-state index >= 15 is 0 Å². The summed E-state index contributed by atoms with van der Waals surface area (Å²) in [5, 5.41) is 3.60. The van der Waals surface area contributed by atoms with Gasteiger partial charge in [0.1, 0.15) is 0 Å². The second-order valence-corrected chi connectivity index (χ2v) is 6.49. The van der Waals surface area contributed by atoms with Gasteiger partial charge in [0.05, 0.1) is 0 Å². The standard InChI is InChI=1S/C16H32N2/c1-4-14-9-10-15(17-3)16(12-14)18-11-7-5-6-8-13(18)2/h13-17H,4-12H2,1-3H3. The van der Waals surface area contributed by atoms with E-state index in [0.717, 1.165) is 24.0 Å². The summed E-state index contributed by atoms with van der Waals surface area (Å²) < 4.78 is 0. The van der Waals surface area contributed by atoms with Crippen molar-refractivity contribution >= 4 is 0 Å². The summed E-state index contributed by atoms with van der Waals surface area (Å²) in [5.41, 5.74) is 0. The van der Waals surface area contributed by atoms with Gasteiger partial charge in [-0.25, -0.2) is 0 Å². The molecule has 1 heterocycles. The number of rotatable bonds is 3. The Hall–Kier alpha value is -0.0800. The Morgan fingerprint density at radius 1 is 1.11 bits per heavy atom. The molecule has 18 heavy (non-hydrogen) atoms. The van der Waals surface area contributed by atoms with Crippen LogP contribution in [0.4, 0.5) is 0 Å². The molecular weight excluding hydrogens is 220 g/mol. The monoisotopic (exact) mass is 252 g/mol. The van der Waals surface area contributed by atoms with Crippen LogP contribution in [0.2, 0.25) is 0 Å². The minimum absolute atomic E-state index is 0.730. The maximum Gasteiger partial charge on any atom is 0.0254 e. The van der Waals surface area contributed by atoms with Crippen LogP contribution < -0.4 is 5.32 Å². The van der Waals surface area contributed by atoms with E-state index in [0.29, 0.717) is 0 Å². The summed E-state index contributed by atoms with van der Waals surface area (Å²) >= 11 is 0. The van der Waals surface area contributed by atoms with Gasteiger partial charge in [-0.15, -0.1) is 0 Å². The van der Waals surface area contributed by atoms with Crippen LogP contribution >= 0.6 is 0 Å². The van der Waals surface area contributed by atoms with Crippen molar-refractivity contribution in [1.82, 2.24) is 10.2 Å². The zero-order valence-electron chi connectivity index (χ0n) is 12.6. The lowest BCUT2D eigenvalue weighted by molar-refractivity contribution is 0.0693. The summed E-state index contributed by atoms with van der Waals surface area (Å²) in [6.07, 6.45) is 11.3. The third-order valence-electron chi connectivity index (χ3n) is 5.40. The Kier molecular flexibility index (Phi) is 5.50. The molecule has 0 spiro atoms. The van der Waals surface area contributed by atoms with Gasteiger partial charge in [-0.3, -0.25) is 4.90 Å². The molecule has 2 nitrogen and oxygen atoms in total. The topological polar surface area (TPSA) is 15.3 Å². The largest absolute Gasteiger partial charge is 0.315 e. The molecule has 1 aliphatic heterocycles. The maximum absolute atomic E-state index is 3.60. The molecule has 1 N–H and O–H groups in total. The predicted molar refractivity (Wildman–Crippen MR) is 78.9 cm³/mol. The van der Waals surface area contributed by atoms with E-state index in [4.69, 9.17) is 0 Å². The van der Waals surface area contributed by atoms with Gasteiger partial charge in [0.25, 0.3) is 0 Å². The van der Waals surface area contributed by atoms with Gasteiger partial charge in [-0.1, -0.05) is 26.2 Å². The van der Waals surface area contributed by atoms with Crippen LogP contribution in [0.15, 0.2) is 0 Å². The lowest BCUT2D eigenvalue weighted by Gasteiger charge is -2.44. The molecule has 2 fully saturated rings. The van der Waals surface area contributed by atoms with Crippen molar-refractivity contribution in [1.29, 1.82) is 0 Å². The zero-order chi connectivity index (χ0) is 13.0. The molecular formula is C16H32N2. The molecule has 4 atom stereocenters. The number of nitrogens with zero attached hydrogens (tertiary/aromatic N) is 1. The quantitative estimate of drug-likeness (QED) is 0.828. The zero-order valence-corrected chi connectivity index (χ0v) is 12.6. The summed E-state index contributed by atoms with van der Waals surface area (Å²) in [7, 11) is 2.16. The van der Waals surface area contributed by atoms with Gasteiger partial charge in [0.15, 0.2) is 0 Å². The Balaban J connectivity index is 2.05. The average Bonchev–Trinajstić information content (AvgIpc) is 2.62. The van der Waals surface area contributed by atoms with E-state index in [-0.39, 0.29) is 0 Å². The first-order chi connectivity index (χ1) is 8.76. The fourth-order valence-electron chi connectivity index (χ4n) is 4.10. The molecule has 2 aliphatic rings. The third-order valence-corrected chi connectivity index (χ3v) is 5.40. The first-order valence-corrected chi connectivity index (χ1v) is 8.19. The third kappa shape index (κ3) is 3.27. The van der Waals surface area contributed by atoms with Gasteiger partial charge in [0.2, 0.25) is 0 Å². The van der Waals surface area contributed by atoms with E-state index in [2.05, 4.69) is 31.1 Å². The van der Waals surface area contributed by atoms with Crippen LogP contribution in [0.5, 0.6) is 0 Å². The highest BCUT2D eigenvalue weighted by Crippen LogP contribution is 2.32. The second kappa shape index (κ2) is 6.91. The van der Waals surface area contributed by atoms with Gasteiger partial charge >= 0.3 is 0 Å².